The fourth-order valence-electron chi connectivity index (χ4n) is 2.21. The van der Waals surface area contributed by atoms with Crippen LogP contribution in [0.25, 0.3) is 0 Å². The SMILES string of the molecule is Cc1ccc(C(=O)CNC2CCS(=O)(=O)C2)cc1C. The first-order valence-electron chi connectivity index (χ1n) is 6.42. The summed E-state index contributed by atoms with van der Waals surface area (Å²) in [7, 11) is -2.89. The minimum absolute atomic E-state index is 0.00685. The highest BCUT2D eigenvalue weighted by Gasteiger charge is 2.27. The minimum Gasteiger partial charge on any atom is -0.306 e. The highest BCUT2D eigenvalue weighted by atomic mass is 32.2. The summed E-state index contributed by atoms with van der Waals surface area (Å²) in [5.41, 5.74) is 2.93. The Morgan fingerprint density at radius 3 is 2.63 bits per heavy atom. The van der Waals surface area contributed by atoms with Crippen molar-refractivity contribution in [2.75, 3.05) is 18.1 Å². The zero-order valence-electron chi connectivity index (χ0n) is 11.3. The Morgan fingerprint density at radius 2 is 2.05 bits per heavy atom. The lowest BCUT2D eigenvalue weighted by Gasteiger charge is -2.10. The van der Waals surface area contributed by atoms with Gasteiger partial charge in [-0.15, -0.1) is 0 Å². The van der Waals surface area contributed by atoms with E-state index in [1.807, 2.05) is 32.0 Å². The first-order chi connectivity index (χ1) is 8.87. The molecule has 1 aliphatic heterocycles. The van der Waals surface area contributed by atoms with Crippen LogP contribution in [0.2, 0.25) is 0 Å². The topological polar surface area (TPSA) is 63.2 Å². The predicted octanol–water partition coefficient (Wildman–Crippen LogP) is 1.26. The largest absolute Gasteiger partial charge is 0.306 e. The molecule has 1 aliphatic rings. The van der Waals surface area contributed by atoms with Crippen LogP contribution in [0.3, 0.4) is 0 Å². The number of benzene rings is 1. The van der Waals surface area contributed by atoms with Crippen molar-refractivity contribution < 1.29 is 13.2 Å². The number of aryl methyl sites for hydroxylation is 2. The van der Waals surface area contributed by atoms with Gasteiger partial charge in [0.1, 0.15) is 0 Å². The molecule has 4 nitrogen and oxygen atoms in total. The molecule has 1 heterocycles. The molecule has 1 unspecified atom stereocenters. The molecule has 0 aliphatic carbocycles. The van der Waals surface area contributed by atoms with Crippen molar-refractivity contribution in [1.82, 2.24) is 5.32 Å². The van der Waals surface area contributed by atoms with Gasteiger partial charge in [0.25, 0.3) is 0 Å². The summed E-state index contributed by atoms with van der Waals surface area (Å²) in [6, 6.07) is 5.55. The van der Waals surface area contributed by atoms with Crippen LogP contribution in [0.4, 0.5) is 0 Å². The van der Waals surface area contributed by atoms with Crippen molar-refractivity contribution in [3.63, 3.8) is 0 Å². The zero-order chi connectivity index (χ0) is 14.0. The second-order valence-corrected chi connectivity index (χ2v) is 7.43. The smallest absolute Gasteiger partial charge is 0.176 e. The molecule has 0 spiro atoms. The van der Waals surface area contributed by atoms with Crippen molar-refractivity contribution in [3.05, 3.63) is 34.9 Å². The molecule has 1 saturated heterocycles. The molecular formula is C14H19NO3S. The van der Waals surface area contributed by atoms with E-state index in [1.165, 1.54) is 0 Å². The van der Waals surface area contributed by atoms with E-state index in [1.54, 1.807) is 0 Å². The fourth-order valence-corrected chi connectivity index (χ4v) is 3.92. The van der Waals surface area contributed by atoms with Gasteiger partial charge in [0.2, 0.25) is 0 Å². The molecule has 1 fully saturated rings. The molecular weight excluding hydrogens is 262 g/mol. The molecule has 0 radical (unpaired) electrons. The number of hydrogen-bond donors (Lipinski definition) is 1. The van der Waals surface area contributed by atoms with Gasteiger partial charge in [0.15, 0.2) is 15.6 Å². The molecule has 0 saturated carbocycles. The number of carbonyl (C=O) groups is 1. The van der Waals surface area contributed by atoms with Crippen molar-refractivity contribution in [2.24, 2.45) is 0 Å². The van der Waals surface area contributed by atoms with E-state index in [-0.39, 0.29) is 29.9 Å². The molecule has 1 aromatic rings. The zero-order valence-corrected chi connectivity index (χ0v) is 12.1. The van der Waals surface area contributed by atoms with Gasteiger partial charge in [-0.25, -0.2) is 8.42 Å². The van der Waals surface area contributed by atoms with E-state index in [2.05, 4.69) is 5.32 Å². The Bertz CT molecular complexity index is 593. The quantitative estimate of drug-likeness (QED) is 0.844. The predicted molar refractivity (Wildman–Crippen MR) is 75.3 cm³/mol. The number of carbonyl (C=O) groups excluding carboxylic acids is 1. The lowest BCUT2D eigenvalue weighted by Crippen LogP contribution is -2.34. The molecule has 19 heavy (non-hydrogen) atoms. The summed E-state index contributed by atoms with van der Waals surface area (Å²) in [6.45, 7) is 4.18. The third-order valence-corrected chi connectivity index (χ3v) is 5.38. The molecule has 2 rings (SSSR count). The first kappa shape index (κ1) is 14.2. The van der Waals surface area contributed by atoms with Crippen LogP contribution in [0, 0.1) is 13.8 Å². The van der Waals surface area contributed by atoms with Crippen LogP contribution in [0.5, 0.6) is 0 Å². The van der Waals surface area contributed by atoms with Gasteiger partial charge in [-0.3, -0.25) is 4.79 Å². The van der Waals surface area contributed by atoms with Gasteiger partial charge < -0.3 is 5.32 Å². The molecule has 0 bridgehead atoms. The average molecular weight is 281 g/mol. The molecule has 104 valence electrons. The number of nitrogens with one attached hydrogen (secondary N) is 1. The highest BCUT2D eigenvalue weighted by molar-refractivity contribution is 7.91. The van der Waals surface area contributed by atoms with E-state index in [9.17, 15) is 13.2 Å². The summed E-state index contributed by atoms with van der Waals surface area (Å²) < 4.78 is 22.6. The summed E-state index contributed by atoms with van der Waals surface area (Å²) in [5, 5.41) is 3.04. The van der Waals surface area contributed by atoms with Gasteiger partial charge >= 0.3 is 0 Å². The van der Waals surface area contributed by atoms with Crippen molar-refractivity contribution in [1.29, 1.82) is 0 Å². The Kier molecular flexibility index (Phi) is 4.06. The Balaban J connectivity index is 1.93. The number of ketones is 1. The van der Waals surface area contributed by atoms with E-state index in [0.717, 1.165) is 11.1 Å². The summed E-state index contributed by atoms with van der Waals surface area (Å²) in [5.74, 6) is 0.378. The third-order valence-electron chi connectivity index (χ3n) is 3.61. The Labute approximate surface area is 114 Å². The van der Waals surface area contributed by atoms with Gasteiger partial charge in [-0.05, 0) is 37.5 Å². The maximum absolute atomic E-state index is 12.0. The van der Waals surface area contributed by atoms with Crippen LogP contribution < -0.4 is 5.32 Å². The van der Waals surface area contributed by atoms with Gasteiger partial charge in [0, 0.05) is 11.6 Å². The van der Waals surface area contributed by atoms with Crippen molar-refractivity contribution in [3.8, 4) is 0 Å². The Hall–Kier alpha value is -1.20. The van der Waals surface area contributed by atoms with E-state index in [4.69, 9.17) is 0 Å². The number of hydrogen-bond acceptors (Lipinski definition) is 4. The summed E-state index contributed by atoms with van der Waals surface area (Å²) in [4.78, 5) is 12.0. The minimum atomic E-state index is -2.89. The molecule has 0 amide bonds. The monoisotopic (exact) mass is 281 g/mol. The first-order valence-corrected chi connectivity index (χ1v) is 8.24. The van der Waals surface area contributed by atoms with Gasteiger partial charge in [-0.2, -0.15) is 0 Å². The third kappa shape index (κ3) is 3.64. The maximum atomic E-state index is 12.0. The Morgan fingerprint density at radius 1 is 1.32 bits per heavy atom. The summed E-state index contributed by atoms with van der Waals surface area (Å²) >= 11 is 0. The maximum Gasteiger partial charge on any atom is 0.176 e. The van der Waals surface area contributed by atoms with Crippen molar-refractivity contribution >= 4 is 15.6 Å². The molecule has 1 N–H and O–H groups in total. The lowest BCUT2D eigenvalue weighted by molar-refractivity contribution is 0.0988. The number of rotatable bonds is 4. The van der Waals surface area contributed by atoms with Crippen LogP contribution in [0.15, 0.2) is 18.2 Å². The fraction of sp³-hybridized carbons (Fsp3) is 0.500. The average Bonchev–Trinajstić information content (AvgIpc) is 2.69. The normalized spacial score (nSPS) is 21.5. The molecule has 1 aromatic carbocycles. The van der Waals surface area contributed by atoms with Crippen LogP contribution >= 0.6 is 0 Å². The van der Waals surface area contributed by atoms with Gasteiger partial charge in [-0.1, -0.05) is 12.1 Å². The molecule has 0 aromatic heterocycles. The number of Topliss-reactive ketones (excluding diaryl/α,β-unsaturated/α-hetero) is 1. The lowest BCUT2D eigenvalue weighted by atomic mass is 10.0. The molecule has 1 atom stereocenters. The second-order valence-electron chi connectivity index (χ2n) is 5.20. The van der Waals surface area contributed by atoms with E-state index < -0.39 is 9.84 Å². The van der Waals surface area contributed by atoms with Crippen LogP contribution in [-0.2, 0) is 9.84 Å². The highest BCUT2D eigenvalue weighted by Crippen LogP contribution is 2.12. The van der Waals surface area contributed by atoms with E-state index in [0.29, 0.717) is 12.0 Å². The van der Waals surface area contributed by atoms with Crippen LogP contribution in [-0.4, -0.2) is 38.3 Å². The molecule has 5 heteroatoms. The van der Waals surface area contributed by atoms with E-state index >= 15 is 0 Å². The standard InChI is InChI=1S/C14H19NO3S/c1-10-3-4-12(7-11(10)2)14(16)8-15-13-5-6-19(17,18)9-13/h3-4,7,13,15H,5-6,8-9H2,1-2H3. The van der Waals surface area contributed by atoms with Crippen molar-refractivity contribution in [2.45, 2.75) is 26.3 Å². The summed E-state index contributed by atoms with van der Waals surface area (Å²) in [6.07, 6.45) is 0.600. The number of sulfone groups is 1. The van der Waals surface area contributed by atoms with Crippen LogP contribution in [0.1, 0.15) is 27.9 Å². The second kappa shape index (κ2) is 5.43. The van der Waals surface area contributed by atoms with Gasteiger partial charge in [0.05, 0.1) is 18.1 Å².